The molecule has 0 radical (unpaired) electrons. The van der Waals surface area contributed by atoms with E-state index in [1.165, 1.54) is 22.3 Å². The van der Waals surface area contributed by atoms with Crippen LogP contribution >= 0.6 is 0 Å². The molecule has 0 heterocycles. The van der Waals surface area contributed by atoms with Gasteiger partial charge >= 0.3 is 0 Å². The standard InChI is InChI=1S/C18H23NO/c1-5-20-16-8-6-15(7-9-16)18(19)17-13(3)10-12(2)11-14(17)4/h6-11,18H,5,19H2,1-4H3. The molecule has 0 saturated carbocycles. The largest absolute Gasteiger partial charge is 0.494 e. The van der Waals surface area contributed by atoms with Crippen LogP contribution in [-0.4, -0.2) is 6.61 Å². The summed E-state index contributed by atoms with van der Waals surface area (Å²) in [5.41, 5.74) is 12.6. The summed E-state index contributed by atoms with van der Waals surface area (Å²) < 4.78 is 5.47. The van der Waals surface area contributed by atoms with E-state index in [1.807, 2.05) is 31.2 Å². The van der Waals surface area contributed by atoms with Crippen LogP contribution in [0.25, 0.3) is 0 Å². The molecule has 106 valence electrons. The summed E-state index contributed by atoms with van der Waals surface area (Å²) >= 11 is 0. The van der Waals surface area contributed by atoms with Gasteiger partial charge in [0.15, 0.2) is 0 Å². The summed E-state index contributed by atoms with van der Waals surface area (Å²) in [6.45, 7) is 9.04. The lowest BCUT2D eigenvalue weighted by molar-refractivity contribution is 0.340. The van der Waals surface area contributed by atoms with E-state index in [0.717, 1.165) is 11.3 Å². The van der Waals surface area contributed by atoms with Crippen molar-refractivity contribution in [1.82, 2.24) is 0 Å². The maximum Gasteiger partial charge on any atom is 0.119 e. The second kappa shape index (κ2) is 6.10. The molecular weight excluding hydrogens is 246 g/mol. The third-order valence-corrected chi connectivity index (χ3v) is 3.60. The first-order valence-electron chi connectivity index (χ1n) is 7.09. The fourth-order valence-electron chi connectivity index (χ4n) is 2.79. The molecule has 20 heavy (non-hydrogen) atoms. The molecule has 1 unspecified atom stereocenters. The molecule has 2 aromatic rings. The van der Waals surface area contributed by atoms with Crippen molar-refractivity contribution in [3.05, 3.63) is 64.2 Å². The highest BCUT2D eigenvalue weighted by atomic mass is 16.5. The van der Waals surface area contributed by atoms with E-state index in [2.05, 4.69) is 32.9 Å². The molecule has 0 amide bonds. The van der Waals surface area contributed by atoms with E-state index in [1.54, 1.807) is 0 Å². The van der Waals surface area contributed by atoms with Gasteiger partial charge in [-0.15, -0.1) is 0 Å². The molecule has 0 spiro atoms. The van der Waals surface area contributed by atoms with Crippen molar-refractivity contribution in [3.63, 3.8) is 0 Å². The number of ether oxygens (including phenoxy) is 1. The summed E-state index contributed by atoms with van der Waals surface area (Å²) in [6.07, 6.45) is 0. The smallest absolute Gasteiger partial charge is 0.119 e. The quantitative estimate of drug-likeness (QED) is 0.908. The first-order chi connectivity index (χ1) is 9.52. The van der Waals surface area contributed by atoms with Gasteiger partial charge in [-0.2, -0.15) is 0 Å². The molecule has 2 aromatic carbocycles. The summed E-state index contributed by atoms with van der Waals surface area (Å²) in [5, 5.41) is 0. The maximum atomic E-state index is 6.45. The van der Waals surface area contributed by atoms with Crippen molar-refractivity contribution in [3.8, 4) is 5.75 Å². The predicted molar refractivity (Wildman–Crippen MR) is 84.3 cm³/mol. The first-order valence-corrected chi connectivity index (χ1v) is 7.09. The lowest BCUT2D eigenvalue weighted by Crippen LogP contribution is -2.15. The minimum Gasteiger partial charge on any atom is -0.494 e. The molecule has 0 fully saturated rings. The van der Waals surface area contributed by atoms with Crippen LogP contribution in [0.2, 0.25) is 0 Å². The molecule has 2 nitrogen and oxygen atoms in total. The van der Waals surface area contributed by atoms with Gasteiger partial charge in [0.25, 0.3) is 0 Å². The molecule has 2 N–H and O–H groups in total. The number of hydrogen-bond acceptors (Lipinski definition) is 2. The molecule has 2 rings (SSSR count). The van der Waals surface area contributed by atoms with Crippen LogP contribution in [0.4, 0.5) is 0 Å². The summed E-state index contributed by atoms with van der Waals surface area (Å²) in [4.78, 5) is 0. The van der Waals surface area contributed by atoms with Gasteiger partial charge in [-0.05, 0) is 62.1 Å². The van der Waals surface area contributed by atoms with Crippen LogP contribution in [0, 0.1) is 20.8 Å². The minimum absolute atomic E-state index is 0.0914. The second-order valence-electron chi connectivity index (χ2n) is 5.29. The number of hydrogen-bond donors (Lipinski definition) is 1. The highest BCUT2D eigenvalue weighted by Gasteiger charge is 2.14. The number of aryl methyl sites for hydroxylation is 3. The molecule has 1 atom stereocenters. The minimum atomic E-state index is -0.0914. The highest BCUT2D eigenvalue weighted by Crippen LogP contribution is 2.28. The van der Waals surface area contributed by atoms with Crippen molar-refractivity contribution in [1.29, 1.82) is 0 Å². The van der Waals surface area contributed by atoms with E-state index in [4.69, 9.17) is 10.5 Å². The molecule has 0 bridgehead atoms. The zero-order valence-corrected chi connectivity index (χ0v) is 12.7. The van der Waals surface area contributed by atoms with Crippen LogP contribution in [0.15, 0.2) is 36.4 Å². The van der Waals surface area contributed by atoms with E-state index in [-0.39, 0.29) is 6.04 Å². The number of rotatable bonds is 4. The predicted octanol–water partition coefficient (Wildman–Crippen LogP) is 4.06. The van der Waals surface area contributed by atoms with Crippen LogP contribution < -0.4 is 10.5 Å². The van der Waals surface area contributed by atoms with Gasteiger partial charge in [0.1, 0.15) is 5.75 Å². The Bertz CT molecular complexity index is 564. The fourth-order valence-corrected chi connectivity index (χ4v) is 2.79. The number of benzene rings is 2. The molecular formula is C18H23NO. The van der Waals surface area contributed by atoms with Gasteiger partial charge in [-0.3, -0.25) is 0 Å². The highest BCUT2D eigenvalue weighted by molar-refractivity contribution is 5.44. The summed E-state index contributed by atoms with van der Waals surface area (Å²) in [7, 11) is 0. The lowest BCUT2D eigenvalue weighted by atomic mass is 9.90. The Morgan fingerprint density at radius 3 is 2.05 bits per heavy atom. The van der Waals surface area contributed by atoms with Gasteiger partial charge < -0.3 is 10.5 Å². The van der Waals surface area contributed by atoms with Crippen molar-refractivity contribution in [2.45, 2.75) is 33.7 Å². The van der Waals surface area contributed by atoms with Gasteiger partial charge in [-0.1, -0.05) is 29.8 Å². The third-order valence-electron chi connectivity index (χ3n) is 3.60. The van der Waals surface area contributed by atoms with Gasteiger partial charge in [0.2, 0.25) is 0 Å². The zero-order valence-electron chi connectivity index (χ0n) is 12.7. The van der Waals surface area contributed by atoms with E-state index < -0.39 is 0 Å². The van der Waals surface area contributed by atoms with Gasteiger partial charge in [0.05, 0.1) is 12.6 Å². The Hall–Kier alpha value is -1.80. The van der Waals surface area contributed by atoms with E-state index in [9.17, 15) is 0 Å². The summed E-state index contributed by atoms with van der Waals surface area (Å²) in [5.74, 6) is 0.890. The molecule has 0 saturated heterocycles. The maximum absolute atomic E-state index is 6.45. The Kier molecular flexibility index (Phi) is 4.46. The SMILES string of the molecule is CCOc1ccc(C(N)c2c(C)cc(C)cc2C)cc1. The lowest BCUT2D eigenvalue weighted by Gasteiger charge is -2.19. The third kappa shape index (κ3) is 3.02. The van der Waals surface area contributed by atoms with Crippen molar-refractivity contribution in [2.75, 3.05) is 6.61 Å². The Morgan fingerprint density at radius 1 is 1.00 bits per heavy atom. The van der Waals surface area contributed by atoms with Crippen molar-refractivity contribution in [2.24, 2.45) is 5.73 Å². The van der Waals surface area contributed by atoms with Crippen molar-refractivity contribution < 1.29 is 4.74 Å². The van der Waals surface area contributed by atoms with Crippen molar-refractivity contribution >= 4 is 0 Å². The average Bonchev–Trinajstić information content (AvgIpc) is 2.38. The van der Waals surface area contributed by atoms with E-state index >= 15 is 0 Å². The fraction of sp³-hybridized carbons (Fsp3) is 0.333. The Labute approximate surface area is 121 Å². The molecule has 2 heteroatoms. The molecule has 0 aliphatic rings. The van der Waals surface area contributed by atoms with Gasteiger partial charge in [0, 0.05) is 0 Å². The summed E-state index contributed by atoms with van der Waals surface area (Å²) in [6, 6.07) is 12.4. The van der Waals surface area contributed by atoms with Crippen LogP contribution in [0.3, 0.4) is 0 Å². The van der Waals surface area contributed by atoms with Crippen LogP contribution in [-0.2, 0) is 0 Å². The first kappa shape index (κ1) is 14.6. The Morgan fingerprint density at radius 2 is 1.55 bits per heavy atom. The Balaban J connectivity index is 2.33. The average molecular weight is 269 g/mol. The topological polar surface area (TPSA) is 35.2 Å². The second-order valence-corrected chi connectivity index (χ2v) is 5.29. The molecule has 0 aromatic heterocycles. The van der Waals surface area contributed by atoms with Gasteiger partial charge in [-0.25, -0.2) is 0 Å². The monoisotopic (exact) mass is 269 g/mol. The molecule has 0 aliphatic heterocycles. The molecule has 0 aliphatic carbocycles. The zero-order chi connectivity index (χ0) is 14.7. The van der Waals surface area contributed by atoms with Crippen LogP contribution in [0.5, 0.6) is 5.75 Å². The van der Waals surface area contributed by atoms with E-state index in [0.29, 0.717) is 6.61 Å². The normalized spacial score (nSPS) is 12.2. The van der Waals surface area contributed by atoms with Crippen LogP contribution in [0.1, 0.15) is 40.8 Å². The number of nitrogens with two attached hydrogens (primary N) is 1.